The van der Waals surface area contributed by atoms with Crippen molar-refractivity contribution in [2.75, 3.05) is 12.1 Å². The average molecular weight is 447 g/mol. The maximum Gasteiger partial charge on any atom is 0.338 e. The molecule has 1 aromatic heterocycles. The van der Waals surface area contributed by atoms with E-state index in [1.54, 1.807) is 37.4 Å². The zero-order chi connectivity index (χ0) is 22.7. The van der Waals surface area contributed by atoms with Crippen LogP contribution in [0.3, 0.4) is 0 Å². The Kier molecular flexibility index (Phi) is 5.91. The molecule has 0 radical (unpaired) electrons. The molecule has 0 fully saturated rings. The number of anilines is 1. The number of carbonyl (C=O) groups excluding carboxylic acids is 2. The topological polar surface area (TPSA) is 97.5 Å². The normalized spacial score (nSPS) is 10.6. The molecule has 4 rings (SSSR count). The quantitative estimate of drug-likeness (QED) is 0.440. The summed E-state index contributed by atoms with van der Waals surface area (Å²) in [6.07, 6.45) is 0. The van der Waals surface area contributed by atoms with Crippen LogP contribution in [-0.4, -0.2) is 24.0 Å². The van der Waals surface area contributed by atoms with Gasteiger partial charge in [-0.15, -0.1) is 0 Å². The Morgan fingerprint density at radius 3 is 2.53 bits per heavy atom. The minimum atomic E-state index is -0.855. The maximum atomic E-state index is 13.3. The number of hydrogen-bond donors (Lipinski definition) is 2. The van der Waals surface area contributed by atoms with Gasteiger partial charge in [-0.3, -0.25) is 10.2 Å². The maximum absolute atomic E-state index is 13.3. The molecule has 0 bridgehead atoms. The van der Waals surface area contributed by atoms with E-state index in [2.05, 4.69) is 10.4 Å². The van der Waals surface area contributed by atoms with Crippen molar-refractivity contribution in [2.45, 2.75) is 0 Å². The van der Waals surface area contributed by atoms with E-state index in [1.165, 1.54) is 6.07 Å². The van der Waals surface area contributed by atoms with Crippen LogP contribution in [0.15, 0.2) is 78.9 Å². The highest BCUT2D eigenvalue weighted by atomic mass is 35.5. The lowest BCUT2D eigenvalue weighted by atomic mass is 10.0. The van der Waals surface area contributed by atoms with Crippen LogP contribution in [0.2, 0.25) is 5.02 Å². The molecule has 0 saturated heterocycles. The Morgan fingerprint density at radius 2 is 1.78 bits per heavy atom. The molecule has 0 aliphatic carbocycles. The van der Waals surface area contributed by atoms with E-state index in [1.807, 2.05) is 42.5 Å². The Bertz CT molecular complexity index is 1330. The number of nitrogens with two attached hydrogens (primary N) is 1. The average Bonchev–Trinajstić information content (AvgIpc) is 2.81. The Balaban J connectivity index is 1.78. The number of benzene rings is 3. The lowest BCUT2D eigenvalue weighted by Gasteiger charge is -2.22. The highest BCUT2D eigenvalue weighted by Gasteiger charge is 2.20. The summed E-state index contributed by atoms with van der Waals surface area (Å²) in [6, 6.07) is 21.9. The lowest BCUT2D eigenvalue weighted by molar-refractivity contribution is 0.0952. The molecule has 8 heteroatoms. The summed E-state index contributed by atoms with van der Waals surface area (Å²) in [4.78, 5) is 30.0. The number of pyridine rings is 1. The zero-order valence-electron chi connectivity index (χ0n) is 17.1. The summed E-state index contributed by atoms with van der Waals surface area (Å²) in [5, 5.41) is 1.99. The molecule has 0 spiro atoms. The number of para-hydroxylation sites is 1. The highest BCUT2D eigenvalue weighted by molar-refractivity contribution is 6.31. The minimum Gasteiger partial charge on any atom is -0.497 e. The summed E-state index contributed by atoms with van der Waals surface area (Å²) >= 11 is 6.03. The van der Waals surface area contributed by atoms with E-state index in [0.717, 1.165) is 10.6 Å². The van der Waals surface area contributed by atoms with Crippen molar-refractivity contribution in [3.63, 3.8) is 0 Å². The van der Waals surface area contributed by atoms with Gasteiger partial charge in [-0.25, -0.2) is 14.8 Å². The van der Waals surface area contributed by atoms with E-state index in [4.69, 9.17) is 22.1 Å². The number of ether oxygens (including phenoxy) is 1. The number of nitrogens with zero attached hydrogens (tertiary/aromatic N) is 2. The van der Waals surface area contributed by atoms with Crippen LogP contribution in [0.25, 0.3) is 22.2 Å². The number of methoxy groups -OCH3 is 1. The number of amides is 3. The Hall–Kier alpha value is -4.10. The van der Waals surface area contributed by atoms with E-state index in [-0.39, 0.29) is 0 Å². The predicted molar refractivity (Wildman–Crippen MR) is 125 cm³/mol. The highest BCUT2D eigenvalue weighted by Crippen LogP contribution is 2.27. The third kappa shape index (κ3) is 4.33. The van der Waals surface area contributed by atoms with Crippen molar-refractivity contribution in [1.29, 1.82) is 0 Å². The number of aromatic nitrogens is 1. The molecule has 7 nitrogen and oxygen atoms in total. The smallest absolute Gasteiger partial charge is 0.338 e. The van der Waals surface area contributed by atoms with E-state index in [0.29, 0.717) is 38.6 Å². The molecular formula is C24H19ClN4O3. The fourth-order valence-corrected chi connectivity index (χ4v) is 3.50. The minimum absolute atomic E-state index is 0.335. The van der Waals surface area contributed by atoms with Crippen molar-refractivity contribution >= 4 is 40.1 Å². The van der Waals surface area contributed by atoms with Gasteiger partial charge < -0.3 is 10.5 Å². The van der Waals surface area contributed by atoms with Crippen LogP contribution in [0.4, 0.5) is 10.5 Å². The van der Waals surface area contributed by atoms with E-state index >= 15 is 0 Å². The van der Waals surface area contributed by atoms with Gasteiger partial charge in [0.2, 0.25) is 0 Å². The molecule has 1 heterocycles. The van der Waals surface area contributed by atoms with Crippen molar-refractivity contribution in [2.24, 2.45) is 5.73 Å². The van der Waals surface area contributed by atoms with Gasteiger partial charge in [0.05, 0.1) is 29.6 Å². The number of halogens is 1. The number of urea groups is 1. The van der Waals surface area contributed by atoms with Crippen LogP contribution in [0, 0.1) is 0 Å². The molecule has 0 atom stereocenters. The Labute approximate surface area is 189 Å². The summed E-state index contributed by atoms with van der Waals surface area (Å²) in [5.74, 6) is 0.149. The van der Waals surface area contributed by atoms with Crippen molar-refractivity contribution in [3.05, 3.63) is 89.4 Å². The summed E-state index contributed by atoms with van der Waals surface area (Å²) in [6.45, 7) is 0. The summed E-state index contributed by atoms with van der Waals surface area (Å²) in [5.41, 5.74) is 10.8. The molecule has 32 heavy (non-hydrogen) atoms. The SMILES string of the molecule is COc1cccc(-c2cc(C(=O)NN(C(N)=O)c3cccc(Cl)c3)c3ccccc3n2)c1. The fourth-order valence-electron chi connectivity index (χ4n) is 3.32. The molecular weight excluding hydrogens is 428 g/mol. The first-order valence-corrected chi connectivity index (χ1v) is 10.0. The molecule has 0 saturated carbocycles. The third-order valence-electron chi connectivity index (χ3n) is 4.83. The van der Waals surface area contributed by atoms with Gasteiger partial charge in [-0.05, 0) is 42.5 Å². The number of carbonyl (C=O) groups is 2. The molecule has 3 amide bonds. The lowest BCUT2D eigenvalue weighted by Crippen LogP contribution is -2.49. The van der Waals surface area contributed by atoms with Crippen LogP contribution in [-0.2, 0) is 0 Å². The van der Waals surface area contributed by atoms with E-state index < -0.39 is 11.9 Å². The summed E-state index contributed by atoms with van der Waals surface area (Å²) in [7, 11) is 1.58. The molecule has 0 aliphatic heterocycles. The first kappa shape index (κ1) is 21.1. The van der Waals surface area contributed by atoms with Gasteiger partial charge in [-0.1, -0.05) is 48.0 Å². The standard InChI is InChI=1S/C24H19ClN4O3/c1-32-18-9-4-6-15(12-18)22-14-20(19-10-2-3-11-21(19)27-22)23(30)28-29(24(26)31)17-8-5-7-16(25)13-17/h2-14H,1H3,(H2,26,31)(H,28,30). The van der Waals surface area contributed by atoms with Gasteiger partial charge in [0.15, 0.2) is 0 Å². The number of nitrogens with one attached hydrogen (secondary N) is 1. The number of fused-ring (bicyclic) bond motifs is 1. The van der Waals surface area contributed by atoms with Gasteiger partial charge >= 0.3 is 6.03 Å². The first-order chi connectivity index (χ1) is 15.5. The number of primary amides is 1. The second-order valence-electron chi connectivity index (χ2n) is 6.90. The van der Waals surface area contributed by atoms with Crippen LogP contribution >= 0.6 is 11.6 Å². The molecule has 0 unspecified atom stereocenters. The molecule has 3 N–H and O–H groups in total. The number of hydrogen-bond acceptors (Lipinski definition) is 4. The van der Waals surface area contributed by atoms with Gasteiger partial charge in [0.25, 0.3) is 5.91 Å². The summed E-state index contributed by atoms with van der Waals surface area (Å²) < 4.78 is 5.30. The van der Waals surface area contributed by atoms with Gasteiger partial charge in [0, 0.05) is 16.0 Å². The first-order valence-electron chi connectivity index (χ1n) is 9.66. The van der Waals surface area contributed by atoms with Crippen molar-refractivity contribution < 1.29 is 14.3 Å². The van der Waals surface area contributed by atoms with Crippen LogP contribution in [0.5, 0.6) is 5.75 Å². The largest absolute Gasteiger partial charge is 0.497 e. The zero-order valence-corrected chi connectivity index (χ0v) is 17.8. The molecule has 3 aromatic carbocycles. The monoisotopic (exact) mass is 446 g/mol. The fraction of sp³-hybridized carbons (Fsp3) is 0.0417. The van der Waals surface area contributed by atoms with Crippen molar-refractivity contribution in [3.8, 4) is 17.0 Å². The predicted octanol–water partition coefficient (Wildman–Crippen LogP) is 4.79. The van der Waals surface area contributed by atoms with Crippen LogP contribution < -0.4 is 20.9 Å². The third-order valence-corrected chi connectivity index (χ3v) is 5.06. The number of rotatable bonds is 4. The van der Waals surface area contributed by atoms with Crippen LogP contribution in [0.1, 0.15) is 10.4 Å². The van der Waals surface area contributed by atoms with Gasteiger partial charge in [-0.2, -0.15) is 0 Å². The van der Waals surface area contributed by atoms with E-state index in [9.17, 15) is 9.59 Å². The second kappa shape index (κ2) is 8.95. The second-order valence-corrected chi connectivity index (χ2v) is 7.34. The molecule has 0 aliphatic rings. The molecule has 4 aromatic rings. The number of hydrazine groups is 1. The Morgan fingerprint density at radius 1 is 1.00 bits per heavy atom. The van der Waals surface area contributed by atoms with Gasteiger partial charge in [0.1, 0.15) is 5.75 Å². The van der Waals surface area contributed by atoms with Crippen molar-refractivity contribution in [1.82, 2.24) is 10.4 Å². The molecule has 160 valence electrons.